The van der Waals surface area contributed by atoms with Gasteiger partial charge in [0.25, 0.3) is 0 Å². The topological polar surface area (TPSA) is 41.1 Å². The van der Waals surface area contributed by atoms with Crippen LogP contribution in [-0.2, 0) is 11.2 Å². The lowest BCUT2D eigenvalue weighted by Gasteiger charge is -2.02. The molecule has 3 nitrogen and oxygen atoms in total. The van der Waals surface area contributed by atoms with Crippen LogP contribution in [0.4, 0.5) is 11.4 Å². The average molecular weight is 310 g/mol. The average Bonchev–Trinajstić information content (AvgIpc) is 3.00. The Morgan fingerprint density at radius 3 is 2.64 bits per heavy atom. The number of hydrogen-bond acceptors (Lipinski definition) is 2. The molecule has 2 aromatic rings. The molecule has 2 aromatic carbocycles. The molecule has 0 aromatic heterocycles. The molecular weight excluding hydrogens is 292 g/mol. The van der Waals surface area contributed by atoms with Gasteiger partial charge in [-0.1, -0.05) is 55.0 Å². The van der Waals surface area contributed by atoms with Crippen LogP contribution in [0.15, 0.2) is 42.5 Å². The molecule has 0 spiro atoms. The highest BCUT2D eigenvalue weighted by molar-refractivity contribution is 7.80. The minimum Gasteiger partial charge on any atom is -0.349 e. The molecular formula is C18H18N2OS. The van der Waals surface area contributed by atoms with Crippen LogP contribution in [-0.4, -0.2) is 10.9 Å². The fourth-order valence-electron chi connectivity index (χ4n) is 2.70. The van der Waals surface area contributed by atoms with Crippen molar-refractivity contribution in [3.05, 3.63) is 59.2 Å². The van der Waals surface area contributed by atoms with Crippen LogP contribution in [0.3, 0.4) is 0 Å². The highest BCUT2D eigenvalue weighted by Crippen LogP contribution is 2.33. The minimum absolute atomic E-state index is 0.0983. The summed E-state index contributed by atoms with van der Waals surface area (Å²) in [6, 6.07) is 14.1. The molecule has 0 saturated carbocycles. The first-order chi connectivity index (χ1) is 10.5. The third-order valence-electron chi connectivity index (χ3n) is 3.97. The number of anilines is 2. The Hall–Kier alpha value is -2.20. The first kappa shape index (κ1) is 14.7. The van der Waals surface area contributed by atoms with Gasteiger partial charge in [0.15, 0.2) is 0 Å². The van der Waals surface area contributed by atoms with Crippen LogP contribution < -0.4 is 10.6 Å². The molecule has 0 bridgehead atoms. The smallest absolute Gasteiger partial charge is 0.228 e. The van der Waals surface area contributed by atoms with Crippen LogP contribution in [0.25, 0.3) is 0 Å². The zero-order chi connectivity index (χ0) is 15.7. The summed E-state index contributed by atoms with van der Waals surface area (Å²) in [6.45, 7) is 4.25. The lowest BCUT2D eigenvalue weighted by molar-refractivity contribution is -0.115. The van der Waals surface area contributed by atoms with Gasteiger partial charge in [0.1, 0.15) is 0 Å². The number of amides is 1. The molecule has 1 unspecified atom stereocenters. The van der Waals surface area contributed by atoms with E-state index in [0.717, 1.165) is 16.2 Å². The minimum atomic E-state index is 0.0983. The van der Waals surface area contributed by atoms with Crippen LogP contribution in [0, 0.1) is 6.92 Å². The van der Waals surface area contributed by atoms with E-state index in [-0.39, 0.29) is 5.91 Å². The van der Waals surface area contributed by atoms with Crippen molar-refractivity contribution >= 4 is 34.5 Å². The Bertz CT molecular complexity index is 728. The molecule has 2 heterocycles. The molecule has 4 rings (SSSR count). The zero-order valence-electron chi connectivity index (χ0n) is 12.6. The van der Waals surface area contributed by atoms with E-state index < -0.39 is 0 Å². The van der Waals surface area contributed by atoms with Crippen molar-refractivity contribution in [3.8, 4) is 0 Å². The molecule has 2 N–H and O–H groups in total. The number of rotatable bonds is 0. The third-order valence-corrected chi connectivity index (χ3v) is 4.42. The normalized spacial score (nSPS) is 17.8. The van der Waals surface area contributed by atoms with Crippen molar-refractivity contribution in [2.75, 3.05) is 10.6 Å². The largest absolute Gasteiger partial charge is 0.349 e. The molecule has 2 aliphatic rings. The SMILES string of the molecule is Cc1ccc2c(c1)C(C)C(=S)N2.O=C1Cc2ccccc2N1. The number of aryl methyl sites for hydroxylation is 1. The molecule has 2 aliphatic heterocycles. The number of para-hydroxylation sites is 1. The second-order valence-electron chi connectivity index (χ2n) is 5.68. The Morgan fingerprint density at radius 1 is 1.09 bits per heavy atom. The standard InChI is InChI=1S/C10H11NS.C8H7NO/c1-6-3-4-9-8(5-6)7(2)10(12)11-9;10-8-5-6-3-1-2-4-7(6)9-8/h3-5,7H,1-2H3,(H,11,12);1-4H,5H2,(H,9,10). The summed E-state index contributed by atoms with van der Waals surface area (Å²) in [7, 11) is 0. The van der Waals surface area contributed by atoms with Crippen molar-refractivity contribution < 1.29 is 4.79 Å². The lowest BCUT2D eigenvalue weighted by Crippen LogP contribution is -2.05. The van der Waals surface area contributed by atoms with Crippen LogP contribution >= 0.6 is 12.2 Å². The van der Waals surface area contributed by atoms with E-state index in [9.17, 15) is 4.79 Å². The van der Waals surface area contributed by atoms with Gasteiger partial charge in [0.2, 0.25) is 5.91 Å². The van der Waals surface area contributed by atoms with E-state index >= 15 is 0 Å². The maximum absolute atomic E-state index is 10.8. The van der Waals surface area contributed by atoms with E-state index in [1.807, 2.05) is 24.3 Å². The highest BCUT2D eigenvalue weighted by atomic mass is 32.1. The van der Waals surface area contributed by atoms with Crippen molar-refractivity contribution in [1.82, 2.24) is 0 Å². The fraction of sp³-hybridized carbons (Fsp3) is 0.222. The van der Waals surface area contributed by atoms with Gasteiger partial charge in [0.05, 0.1) is 11.4 Å². The van der Waals surface area contributed by atoms with Crippen LogP contribution in [0.5, 0.6) is 0 Å². The summed E-state index contributed by atoms with van der Waals surface area (Å²) in [6.07, 6.45) is 0.538. The predicted molar refractivity (Wildman–Crippen MR) is 94.6 cm³/mol. The van der Waals surface area contributed by atoms with Crippen molar-refractivity contribution in [1.29, 1.82) is 0 Å². The summed E-state index contributed by atoms with van der Waals surface area (Å²) in [4.78, 5) is 11.7. The van der Waals surface area contributed by atoms with Gasteiger partial charge < -0.3 is 10.6 Å². The second-order valence-corrected chi connectivity index (χ2v) is 6.12. The Morgan fingerprint density at radius 2 is 1.86 bits per heavy atom. The summed E-state index contributed by atoms with van der Waals surface area (Å²) in [5, 5.41) is 5.96. The predicted octanol–water partition coefficient (Wildman–Crippen LogP) is 4.03. The molecule has 0 saturated heterocycles. The first-order valence-electron chi connectivity index (χ1n) is 7.34. The Balaban J connectivity index is 0.000000133. The van der Waals surface area contributed by atoms with E-state index in [4.69, 9.17) is 12.2 Å². The quantitative estimate of drug-likeness (QED) is 0.722. The van der Waals surface area contributed by atoms with E-state index in [1.165, 1.54) is 16.8 Å². The van der Waals surface area contributed by atoms with Gasteiger partial charge in [-0.05, 0) is 30.2 Å². The fourth-order valence-corrected chi connectivity index (χ4v) is 2.94. The molecule has 0 fully saturated rings. The van der Waals surface area contributed by atoms with Gasteiger partial charge >= 0.3 is 0 Å². The third kappa shape index (κ3) is 2.88. The maximum atomic E-state index is 10.8. The molecule has 1 amide bonds. The Kier molecular flexibility index (Phi) is 3.94. The summed E-state index contributed by atoms with van der Waals surface area (Å²) in [5.41, 5.74) is 5.88. The molecule has 4 heteroatoms. The number of fused-ring (bicyclic) bond motifs is 2. The highest BCUT2D eigenvalue weighted by Gasteiger charge is 2.22. The van der Waals surface area contributed by atoms with E-state index in [1.54, 1.807) is 0 Å². The number of benzene rings is 2. The summed E-state index contributed by atoms with van der Waals surface area (Å²) < 4.78 is 0. The lowest BCUT2D eigenvalue weighted by atomic mass is 10.0. The molecule has 1 atom stereocenters. The second kappa shape index (κ2) is 5.89. The van der Waals surface area contributed by atoms with E-state index in [2.05, 4.69) is 42.7 Å². The van der Waals surface area contributed by atoms with Gasteiger partial charge in [-0.3, -0.25) is 4.79 Å². The van der Waals surface area contributed by atoms with Gasteiger partial charge in [-0.2, -0.15) is 0 Å². The van der Waals surface area contributed by atoms with Gasteiger partial charge in [-0.15, -0.1) is 0 Å². The first-order valence-corrected chi connectivity index (χ1v) is 7.74. The van der Waals surface area contributed by atoms with Gasteiger partial charge in [0, 0.05) is 17.3 Å². The molecule has 112 valence electrons. The number of carbonyl (C=O) groups excluding carboxylic acids is 1. The number of nitrogens with one attached hydrogen (secondary N) is 2. The monoisotopic (exact) mass is 310 g/mol. The molecule has 0 aliphatic carbocycles. The van der Waals surface area contributed by atoms with Crippen LogP contribution in [0.2, 0.25) is 0 Å². The Labute approximate surface area is 135 Å². The van der Waals surface area contributed by atoms with Crippen molar-refractivity contribution in [2.45, 2.75) is 26.2 Å². The molecule has 22 heavy (non-hydrogen) atoms. The zero-order valence-corrected chi connectivity index (χ0v) is 13.5. The van der Waals surface area contributed by atoms with Crippen LogP contribution in [0.1, 0.15) is 29.5 Å². The molecule has 0 radical (unpaired) electrons. The summed E-state index contributed by atoms with van der Waals surface area (Å²) in [5.74, 6) is 0.483. The number of hydrogen-bond donors (Lipinski definition) is 2. The van der Waals surface area contributed by atoms with Crippen molar-refractivity contribution in [3.63, 3.8) is 0 Å². The number of thiocarbonyl (C=S) groups is 1. The summed E-state index contributed by atoms with van der Waals surface area (Å²) >= 11 is 5.18. The maximum Gasteiger partial charge on any atom is 0.228 e. The van der Waals surface area contributed by atoms with Crippen molar-refractivity contribution in [2.24, 2.45) is 0 Å². The number of carbonyl (C=O) groups is 1. The van der Waals surface area contributed by atoms with Gasteiger partial charge in [-0.25, -0.2) is 0 Å². The van der Waals surface area contributed by atoms with E-state index in [0.29, 0.717) is 12.3 Å².